The summed E-state index contributed by atoms with van der Waals surface area (Å²) in [4.78, 5) is 11.4. The predicted octanol–water partition coefficient (Wildman–Crippen LogP) is 1.23. The van der Waals surface area contributed by atoms with E-state index in [0.29, 0.717) is 24.8 Å². The van der Waals surface area contributed by atoms with Gasteiger partial charge in [-0.1, -0.05) is 0 Å². The van der Waals surface area contributed by atoms with E-state index in [4.69, 9.17) is 9.47 Å². The van der Waals surface area contributed by atoms with Crippen molar-refractivity contribution in [2.75, 3.05) is 13.2 Å². The van der Waals surface area contributed by atoms with Gasteiger partial charge in [0, 0.05) is 12.6 Å². The Morgan fingerprint density at radius 3 is 3.33 bits per heavy atom. The number of rotatable bonds is 2. The van der Waals surface area contributed by atoms with Crippen molar-refractivity contribution in [1.82, 2.24) is 9.78 Å². The molecule has 0 N–H and O–H groups in total. The molecular weight excluding hydrogens is 196 g/mol. The molecule has 1 aliphatic rings. The summed E-state index contributed by atoms with van der Waals surface area (Å²) in [5.41, 5.74) is 0.328. The fraction of sp³-hybridized carbons (Fsp3) is 0.600. The minimum atomic E-state index is -0.387. The normalized spacial score (nSPS) is 15.0. The Hall–Kier alpha value is -1.52. The number of carbonyl (C=O) groups excluding carboxylic acids is 1. The molecular formula is C10H14N2O3. The summed E-state index contributed by atoms with van der Waals surface area (Å²) < 4.78 is 12.0. The number of hydrogen-bond acceptors (Lipinski definition) is 4. The zero-order chi connectivity index (χ0) is 10.7. The quantitative estimate of drug-likeness (QED) is 0.689. The predicted molar refractivity (Wildman–Crippen MR) is 52.9 cm³/mol. The lowest BCUT2D eigenvalue weighted by Crippen LogP contribution is -2.07. The van der Waals surface area contributed by atoms with Crippen LogP contribution in [0.5, 0.6) is 5.88 Å². The van der Waals surface area contributed by atoms with E-state index in [9.17, 15) is 4.79 Å². The first kappa shape index (κ1) is 10.0. The molecule has 0 aromatic carbocycles. The zero-order valence-corrected chi connectivity index (χ0v) is 8.73. The maximum atomic E-state index is 11.4. The molecule has 2 heterocycles. The van der Waals surface area contributed by atoms with Crippen molar-refractivity contribution in [3.8, 4) is 5.88 Å². The second-order valence-corrected chi connectivity index (χ2v) is 3.37. The zero-order valence-electron chi connectivity index (χ0n) is 8.73. The molecule has 15 heavy (non-hydrogen) atoms. The molecule has 0 atom stereocenters. The summed E-state index contributed by atoms with van der Waals surface area (Å²) in [5, 5.41) is 4.15. The highest BCUT2D eigenvalue weighted by Crippen LogP contribution is 2.18. The van der Waals surface area contributed by atoms with Gasteiger partial charge in [-0.05, 0) is 19.8 Å². The molecule has 0 spiro atoms. The van der Waals surface area contributed by atoms with Crippen LogP contribution in [0.3, 0.4) is 0 Å². The molecule has 5 nitrogen and oxygen atoms in total. The van der Waals surface area contributed by atoms with Crippen LogP contribution in [0.4, 0.5) is 0 Å². The standard InChI is InChI=1S/C10H14N2O3/c1-2-14-10(13)8-7-9-12(11-8)5-3-4-6-15-9/h7H,2-6H2,1H3. The van der Waals surface area contributed by atoms with Crippen LogP contribution in [0.2, 0.25) is 0 Å². The van der Waals surface area contributed by atoms with Gasteiger partial charge in [-0.2, -0.15) is 5.10 Å². The monoisotopic (exact) mass is 210 g/mol. The van der Waals surface area contributed by atoms with E-state index >= 15 is 0 Å². The van der Waals surface area contributed by atoms with Gasteiger partial charge in [0.1, 0.15) is 0 Å². The summed E-state index contributed by atoms with van der Waals surface area (Å²) in [6.07, 6.45) is 2.05. The van der Waals surface area contributed by atoms with Crippen molar-refractivity contribution in [2.45, 2.75) is 26.3 Å². The van der Waals surface area contributed by atoms with Crippen LogP contribution in [0.15, 0.2) is 6.07 Å². The number of aryl methyl sites for hydroxylation is 1. The van der Waals surface area contributed by atoms with Crippen LogP contribution in [0.1, 0.15) is 30.3 Å². The minimum absolute atomic E-state index is 0.328. The van der Waals surface area contributed by atoms with Crippen LogP contribution in [0.25, 0.3) is 0 Å². The largest absolute Gasteiger partial charge is 0.478 e. The second-order valence-electron chi connectivity index (χ2n) is 3.37. The summed E-state index contributed by atoms with van der Waals surface area (Å²) in [6, 6.07) is 1.64. The number of carbonyl (C=O) groups is 1. The number of aromatic nitrogens is 2. The maximum Gasteiger partial charge on any atom is 0.358 e. The van der Waals surface area contributed by atoms with E-state index in [1.54, 1.807) is 17.7 Å². The Morgan fingerprint density at radius 2 is 2.53 bits per heavy atom. The third-order valence-electron chi connectivity index (χ3n) is 2.24. The summed E-state index contributed by atoms with van der Waals surface area (Å²) in [7, 11) is 0. The van der Waals surface area contributed by atoms with Crippen LogP contribution in [-0.2, 0) is 11.3 Å². The molecule has 0 saturated heterocycles. The van der Waals surface area contributed by atoms with Gasteiger partial charge in [0.15, 0.2) is 5.69 Å². The molecule has 0 fully saturated rings. The van der Waals surface area contributed by atoms with Crippen molar-refractivity contribution in [3.05, 3.63) is 11.8 Å². The highest BCUT2D eigenvalue weighted by atomic mass is 16.5. The molecule has 0 bridgehead atoms. The van der Waals surface area contributed by atoms with Gasteiger partial charge < -0.3 is 9.47 Å². The lowest BCUT2D eigenvalue weighted by molar-refractivity contribution is 0.0518. The van der Waals surface area contributed by atoms with E-state index in [2.05, 4.69) is 5.10 Å². The van der Waals surface area contributed by atoms with Gasteiger partial charge in [-0.15, -0.1) is 0 Å². The molecule has 2 rings (SSSR count). The topological polar surface area (TPSA) is 53.4 Å². The molecule has 82 valence electrons. The van der Waals surface area contributed by atoms with Crippen molar-refractivity contribution >= 4 is 5.97 Å². The maximum absolute atomic E-state index is 11.4. The molecule has 0 unspecified atom stereocenters. The Balaban J connectivity index is 2.18. The average molecular weight is 210 g/mol. The van der Waals surface area contributed by atoms with Gasteiger partial charge in [-0.3, -0.25) is 0 Å². The number of ether oxygens (including phenoxy) is 2. The molecule has 0 aliphatic carbocycles. The molecule has 1 aromatic rings. The van der Waals surface area contributed by atoms with E-state index in [1.807, 2.05) is 0 Å². The smallest absolute Gasteiger partial charge is 0.358 e. The highest BCUT2D eigenvalue weighted by Gasteiger charge is 2.17. The molecule has 0 saturated carbocycles. The fourth-order valence-corrected chi connectivity index (χ4v) is 1.52. The van der Waals surface area contributed by atoms with Crippen LogP contribution in [-0.4, -0.2) is 29.0 Å². The summed E-state index contributed by atoms with van der Waals surface area (Å²) in [5.74, 6) is 0.275. The van der Waals surface area contributed by atoms with Gasteiger partial charge in [-0.25, -0.2) is 9.48 Å². The first-order valence-corrected chi connectivity index (χ1v) is 5.19. The lowest BCUT2D eigenvalue weighted by Gasteiger charge is -2.00. The molecule has 0 radical (unpaired) electrons. The van der Waals surface area contributed by atoms with Gasteiger partial charge in [0.05, 0.1) is 13.2 Å². The van der Waals surface area contributed by atoms with Gasteiger partial charge in [0.25, 0.3) is 0 Å². The number of nitrogens with zero attached hydrogens (tertiary/aromatic N) is 2. The van der Waals surface area contributed by atoms with Crippen molar-refractivity contribution in [3.63, 3.8) is 0 Å². The SMILES string of the molecule is CCOC(=O)c1cc2n(n1)CCCCO2. The van der Waals surface area contributed by atoms with Crippen LogP contribution >= 0.6 is 0 Å². The first-order chi connectivity index (χ1) is 7.31. The van der Waals surface area contributed by atoms with E-state index in [1.165, 1.54) is 0 Å². The van der Waals surface area contributed by atoms with Crippen LogP contribution in [0, 0.1) is 0 Å². The summed E-state index contributed by atoms with van der Waals surface area (Å²) >= 11 is 0. The van der Waals surface area contributed by atoms with Crippen molar-refractivity contribution in [2.24, 2.45) is 0 Å². The Kier molecular flexibility index (Phi) is 2.89. The third-order valence-corrected chi connectivity index (χ3v) is 2.24. The van der Waals surface area contributed by atoms with Gasteiger partial charge in [0.2, 0.25) is 5.88 Å². The van der Waals surface area contributed by atoms with Gasteiger partial charge >= 0.3 is 5.97 Å². The fourth-order valence-electron chi connectivity index (χ4n) is 1.52. The third kappa shape index (κ3) is 2.11. The number of esters is 1. The van der Waals surface area contributed by atoms with E-state index in [-0.39, 0.29) is 5.97 Å². The number of hydrogen-bond donors (Lipinski definition) is 0. The van der Waals surface area contributed by atoms with Crippen molar-refractivity contribution in [1.29, 1.82) is 0 Å². The molecule has 0 amide bonds. The van der Waals surface area contributed by atoms with Crippen LogP contribution < -0.4 is 4.74 Å². The Bertz CT molecular complexity index is 336. The Morgan fingerprint density at radius 1 is 1.67 bits per heavy atom. The van der Waals surface area contributed by atoms with E-state index in [0.717, 1.165) is 19.4 Å². The van der Waals surface area contributed by atoms with E-state index < -0.39 is 0 Å². The first-order valence-electron chi connectivity index (χ1n) is 5.19. The highest BCUT2D eigenvalue weighted by molar-refractivity contribution is 5.87. The molecule has 1 aliphatic heterocycles. The Labute approximate surface area is 88.0 Å². The molecule has 5 heteroatoms. The van der Waals surface area contributed by atoms with Crippen molar-refractivity contribution < 1.29 is 14.3 Å². The summed E-state index contributed by atoms with van der Waals surface area (Å²) in [6.45, 7) is 3.63. The lowest BCUT2D eigenvalue weighted by atomic mass is 10.3. The average Bonchev–Trinajstić information content (AvgIpc) is 2.51. The molecule has 1 aromatic heterocycles. The number of fused-ring (bicyclic) bond motifs is 1. The minimum Gasteiger partial charge on any atom is -0.478 e. The second kappa shape index (κ2) is 4.33.